The van der Waals surface area contributed by atoms with Gasteiger partial charge in [0, 0.05) is 17.8 Å². The van der Waals surface area contributed by atoms with E-state index >= 15 is 0 Å². The molecule has 1 amide bonds. The van der Waals surface area contributed by atoms with E-state index in [4.69, 9.17) is 5.73 Å². The lowest BCUT2D eigenvalue weighted by Gasteiger charge is -2.14. The first-order valence-electron chi connectivity index (χ1n) is 7.96. The molecular weight excluding hydrogens is 264 g/mol. The molecule has 116 valence electrons. The van der Waals surface area contributed by atoms with Gasteiger partial charge in [0.2, 0.25) is 0 Å². The molecule has 0 unspecified atom stereocenters. The third-order valence-electron chi connectivity index (χ3n) is 3.80. The second-order valence-electron chi connectivity index (χ2n) is 5.68. The molecule has 0 spiro atoms. The molecule has 0 radical (unpaired) electrons. The van der Waals surface area contributed by atoms with E-state index in [1.807, 2.05) is 6.07 Å². The first kappa shape index (κ1) is 15.8. The number of nitrogens with two attached hydrogens (primary N) is 1. The maximum absolute atomic E-state index is 12.1. The van der Waals surface area contributed by atoms with Crippen molar-refractivity contribution in [3.05, 3.63) is 23.4 Å². The van der Waals surface area contributed by atoms with Crippen LogP contribution in [0.2, 0.25) is 0 Å². The molecule has 1 aliphatic rings. The lowest BCUT2D eigenvalue weighted by Crippen LogP contribution is -2.28. The van der Waals surface area contributed by atoms with Gasteiger partial charge in [0.15, 0.2) is 0 Å². The van der Waals surface area contributed by atoms with Gasteiger partial charge in [-0.05, 0) is 57.5 Å². The smallest absolute Gasteiger partial charge is 0.251 e. The highest BCUT2D eigenvalue weighted by Gasteiger charge is 2.11. The van der Waals surface area contributed by atoms with Crippen LogP contribution >= 0.6 is 0 Å². The van der Waals surface area contributed by atoms with E-state index < -0.39 is 0 Å². The Labute approximate surface area is 126 Å². The quantitative estimate of drug-likeness (QED) is 0.752. The number of amides is 1. The van der Waals surface area contributed by atoms with E-state index in [2.05, 4.69) is 22.1 Å². The third kappa shape index (κ3) is 5.01. The van der Waals surface area contributed by atoms with Crippen LogP contribution in [-0.4, -0.2) is 42.0 Å². The van der Waals surface area contributed by atoms with Crippen LogP contribution in [0.3, 0.4) is 0 Å². The van der Waals surface area contributed by atoms with E-state index in [0.717, 1.165) is 31.5 Å². The number of nitrogen functional groups attached to an aromatic ring is 1. The number of pyridine rings is 1. The van der Waals surface area contributed by atoms with Crippen molar-refractivity contribution in [2.24, 2.45) is 0 Å². The van der Waals surface area contributed by atoms with Crippen LogP contribution in [0.15, 0.2) is 12.1 Å². The van der Waals surface area contributed by atoms with Crippen molar-refractivity contribution in [1.29, 1.82) is 0 Å². The second-order valence-corrected chi connectivity index (χ2v) is 5.68. The van der Waals surface area contributed by atoms with Crippen LogP contribution < -0.4 is 11.1 Å². The molecule has 3 N–H and O–H groups in total. The number of aromatic nitrogens is 1. The normalized spacial score (nSPS) is 15.3. The summed E-state index contributed by atoms with van der Waals surface area (Å²) in [4.78, 5) is 18.8. The molecule has 1 aliphatic heterocycles. The van der Waals surface area contributed by atoms with Gasteiger partial charge < -0.3 is 16.0 Å². The minimum absolute atomic E-state index is 0.0529. The molecule has 2 rings (SSSR count). The molecule has 0 aromatic carbocycles. The largest absolute Gasteiger partial charge is 0.384 e. The van der Waals surface area contributed by atoms with Gasteiger partial charge in [0.25, 0.3) is 5.91 Å². The Morgan fingerprint density at radius 1 is 1.38 bits per heavy atom. The SMILES string of the molecule is CCCc1cc(C(=O)NCCCN2CCCC2)cc(N)n1. The molecule has 21 heavy (non-hydrogen) atoms. The second kappa shape index (κ2) is 7.98. The maximum atomic E-state index is 12.1. The van der Waals surface area contributed by atoms with E-state index in [-0.39, 0.29) is 5.91 Å². The Hall–Kier alpha value is -1.62. The summed E-state index contributed by atoms with van der Waals surface area (Å²) in [5, 5.41) is 2.97. The summed E-state index contributed by atoms with van der Waals surface area (Å²) in [6, 6.07) is 3.49. The van der Waals surface area contributed by atoms with Gasteiger partial charge in [-0.25, -0.2) is 4.98 Å². The summed E-state index contributed by atoms with van der Waals surface area (Å²) in [7, 11) is 0. The Bertz CT molecular complexity index is 469. The standard InChI is InChI=1S/C16H26N4O/c1-2-6-14-11-13(12-15(17)19-14)16(21)18-7-5-10-20-8-3-4-9-20/h11-12H,2-10H2,1H3,(H2,17,19)(H,18,21). The highest BCUT2D eigenvalue weighted by molar-refractivity contribution is 5.94. The summed E-state index contributed by atoms with van der Waals surface area (Å²) in [6.45, 7) is 6.27. The minimum atomic E-state index is -0.0529. The summed E-state index contributed by atoms with van der Waals surface area (Å²) in [5.41, 5.74) is 7.27. The fourth-order valence-corrected chi connectivity index (χ4v) is 2.74. The van der Waals surface area contributed by atoms with E-state index in [1.54, 1.807) is 6.07 Å². The van der Waals surface area contributed by atoms with Gasteiger partial charge in [0.1, 0.15) is 5.82 Å². The predicted octanol–water partition coefficient (Wildman–Crippen LogP) is 1.83. The van der Waals surface area contributed by atoms with Crippen molar-refractivity contribution in [1.82, 2.24) is 15.2 Å². The maximum Gasteiger partial charge on any atom is 0.251 e. The van der Waals surface area contributed by atoms with Crippen molar-refractivity contribution in [2.75, 3.05) is 31.9 Å². The molecule has 0 bridgehead atoms. The van der Waals surface area contributed by atoms with Gasteiger partial charge in [-0.15, -0.1) is 0 Å². The molecule has 5 heteroatoms. The molecule has 2 heterocycles. The van der Waals surface area contributed by atoms with Gasteiger partial charge in [-0.1, -0.05) is 13.3 Å². The third-order valence-corrected chi connectivity index (χ3v) is 3.80. The fourth-order valence-electron chi connectivity index (χ4n) is 2.74. The highest BCUT2D eigenvalue weighted by Crippen LogP contribution is 2.10. The number of carbonyl (C=O) groups is 1. The van der Waals surface area contributed by atoms with Gasteiger partial charge in [-0.3, -0.25) is 4.79 Å². The number of nitrogens with zero attached hydrogens (tertiary/aromatic N) is 2. The zero-order chi connectivity index (χ0) is 15.1. The van der Waals surface area contributed by atoms with Gasteiger partial charge in [-0.2, -0.15) is 0 Å². The molecule has 1 fully saturated rings. The molecule has 1 aromatic heterocycles. The highest BCUT2D eigenvalue weighted by atomic mass is 16.1. The monoisotopic (exact) mass is 290 g/mol. The molecular formula is C16H26N4O. The number of hydrogen-bond acceptors (Lipinski definition) is 4. The molecule has 1 aromatic rings. The Kier molecular flexibility index (Phi) is 5.99. The molecule has 0 atom stereocenters. The van der Waals surface area contributed by atoms with Crippen LogP contribution in [-0.2, 0) is 6.42 Å². The predicted molar refractivity (Wildman–Crippen MR) is 85.3 cm³/mol. The lowest BCUT2D eigenvalue weighted by atomic mass is 10.1. The first-order valence-corrected chi connectivity index (χ1v) is 7.96. The van der Waals surface area contributed by atoms with E-state index in [1.165, 1.54) is 25.9 Å². The average Bonchev–Trinajstić information content (AvgIpc) is 2.96. The summed E-state index contributed by atoms with van der Waals surface area (Å²) in [6.07, 6.45) is 5.45. The Morgan fingerprint density at radius 2 is 2.14 bits per heavy atom. The Balaban J connectivity index is 1.79. The number of likely N-dealkylation sites (tertiary alicyclic amines) is 1. The fraction of sp³-hybridized carbons (Fsp3) is 0.625. The number of hydrogen-bond donors (Lipinski definition) is 2. The van der Waals surface area contributed by atoms with Gasteiger partial charge in [0.05, 0.1) is 0 Å². The van der Waals surface area contributed by atoms with E-state index in [0.29, 0.717) is 17.9 Å². The average molecular weight is 290 g/mol. The summed E-state index contributed by atoms with van der Waals surface area (Å²) < 4.78 is 0. The zero-order valence-electron chi connectivity index (χ0n) is 12.9. The van der Waals surface area contributed by atoms with Crippen LogP contribution in [0, 0.1) is 0 Å². The van der Waals surface area contributed by atoms with Crippen LogP contribution in [0.1, 0.15) is 48.7 Å². The topological polar surface area (TPSA) is 71.2 Å². The molecule has 1 saturated heterocycles. The van der Waals surface area contributed by atoms with Crippen LogP contribution in [0.5, 0.6) is 0 Å². The van der Waals surface area contributed by atoms with Crippen LogP contribution in [0.25, 0.3) is 0 Å². The number of anilines is 1. The molecule has 5 nitrogen and oxygen atoms in total. The van der Waals surface area contributed by atoms with Crippen molar-refractivity contribution >= 4 is 11.7 Å². The molecule has 0 saturated carbocycles. The van der Waals surface area contributed by atoms with Crippen molar-refractivity contribution in [2.45, 2.75) is 39.0 Å². The number of nitrogens with one attached hydrogen (secondary N) is 1. The number of rotatable bonds is 7. The minimum Gasteiger partial charge on any atom is -0.384 e. The number of aryl methyl sites for hydroxylation is 1. The van der Waals surface area contributed by atoms with Crippen molar-refractivity contribution in [3.8, 4) is 0 Å². The molecule has 0 aliphatic carbocycles. The number of carbonyl (C=O) groups excluding carboxylic acids is 1. The van der Waals surface area contributed by atoms with Crippen molar-refractivity contribution < 1.29 is 4.79 Å². The van der Waals surface area contributed by atoms with E-state index in [9.17, 15) is 4.79 Å². The zero-order valence-corrected chi connectivity index (χ0v) is 12.9. The summed E-state index contributed by atoms with van der Waals surface area (Å²) >= 11 is 0. The first-order chi connectivity index (χ1) is 10.2. The van der Waals surface area contributed by atoms with Crippen LogP contribution in [0.4, 0.5) is 5.82 Å². The van der Waals surface area contributed by atoms with Gasteiger partial charge >= 0.3 is 0 Å². The summed E-state index contributed by atoms with van der Waals surface area (Å²) in [5.74, 6) is 0.367. The Morgan fingerprint density at radius 3 is 2.86 bits per heavy atom. The lowest BCUT2D eigenvalue weighted by molar-refractivity contribution is 0.0952. The van der Waals surface area contributed by atoms with Crippen molar-refractivity contribution in [3.63, 3.8) is 0 Å².